The van der Waals surface area contributed by atoms with Gasteiger partial charge in [0.1, 0.15) is 6.61 Å². The van der Waals surface area contributed by atoms with Gasteiger partial charge in [-0.15, -0.1) is 0 Å². The second-order valence-electron chi connectivity index (χ2n) is 5.21. The number of anilines is 1. The molecule has 1 aliphatic carbocycles. The van der Waals surface area contributed by atoms with Crippen molar-refractivity contribution >= 4 is 29.1 Å². The maximum atomic E-state index is 12.3. The Morgan fingerprint density at radius 1 is 1.24 bits per heavy atom. The summed E-state index contributed by atoms with van der Waals surface area (Å²) >= 11 is 6.06. The largest absolute Gasteiger partial charge is 0.387 e. The van der Waals surface area contributed by atoms with Gasteiger partial charge in [0, 0.05) is 11.7 Å². The molecule has 1 saturated carbocycles. The molecule has 6 heteroatoms. The number of aliphatic hydroxyl groups is 1. The minimum absolute atomic E-state index is 0.193. The lowest BCUT2D eigenvalue weighted by Crippen LogP contribution is -2.36. The van der Waals surface area contributed by atoms with Crippen LogP contribution in [0.4, 0.5) is 5.69 Å². The lowest BCUT2D eigenvalue weighted by atomic mass is 9.95. The fourth-order valence-corrected chi connectivity index (χ4v) is 2.69. The number of rotatable bonds is 4. The van der Waals surface area contributed by atoms with Crippen molar-refractivity contribution in [2.45, 2.75) is 38.1 Å². The summed E-state index contributed by atoms with van der Waals surface area (Å²) in [6.45, 7) is -0.605. The molecule has 0 bridgehead atoms. The molecule has 1 aromatic carbocycles. The highest BCUT2D eigenvalue weighted by Crippen LogP contribution is 2.22. The van der Waals surface area contributed by atoms with Crippen LogP contribution in [0.15, 0.2) is 18.2 Å². The number of amides is 2. The van der Waals surface area contributed by atoms with Crippen LogP contribution in [-0.4, -0.2) is 29.6 Å². The van der Waals surface area contributed by atoms with Crippen molar-refractivity contribution in [3.63, 3.8) is 0 Å². The second-order valence-corrected chi connectivity index (χ2v) is 5.62. The van der Waals surface area contributed by atoms with E-state index in [2.05, 4.69) is 10.6 Å². The zero-order chi connectivity index (χ0) is 15.2. The quantitative estimate of drug-likeness (QED) is 0.798. The van der Waals surface area contributed by atoms with E-state index in [4.69, 9.17) is 16.7 Å². The number of hydrogen-bond donors (Lipinski definition) is 3. The SMILES string of the molecule is O=C(CO)Nc1ccc(Cl)c(C(=O)NC2CCCCC2)c1. The average molecular weight is 311 g/mol. The molecule has 21 heavy (non-hydrogen) atoms. The van der Waals surface area contributed by atoms with Gasteiger partial charge in [-0.3, -0.25) is 9.59 Å². The van der Waals surface area contributed by atoms with Crippen LogP contribution >= 0.6 is 11.6 Å². The average Bonchev–Trinajstić information content (AvgIpc) is 2.50. The number of carbonyl (C=O) groups is 2. The minimum atomic E-state index is -0.605. The Morgan fingerprint density at radius 3 is 2.62 bits per heavy atom. The number of nitrogens with one attached hydrogen (secondary N) is 2. The van der Waals surface area contributed by atoms with Crippen molar-refractivity contribution in [2.24, 2.45) is 0 Å². The van der Waals surface area contributed by atoms with E-state index in [0.29, 0.717) is 16.3 Å². The van der Waals surface area contributed by atoms with Gasteiger partial charge in [-0.05, 0) is 31.0 Å². The fraction of sp³-hybridized carbons (Fsp3) is 0.467. The Hall–Kier alpha value is -1.59. The van der Waals surface area contributed by atoms with Crippen LogP contribution in [0.2, 0.25) is 5.02 Å². The number of halogens is 1. The van der Waals surface area contributed by atoms with E-state index in [-0.39, 0.29) is 11.9 Å². The lowest BCUT2D eigenvalue weighted by molar-refractivity contribution is -0.118. The third-order valence-electron chi connectivity index (χ3n) is 3.58. The van der Waals surface area contributed by atoms with E-state index in [9.17, 15) is 9.59 Å². The van der Waals surface area contributed by atoms with Crippen molar-refractivity contribution in [3.8, 4) is 0 Å². The predicted octanol–water partition coefficient (Wildman–Crippen LogP) is 2.33. The monoisotopic (exact) mass is 310 g/mol. The molecule has 0 spiro atoms. The van der Waals surface area contributed by atoms with E-state index in [0.717, 1.165) is 25.7 Å². The Morgan fingerprint density at radius 2 is 1.95 bits per heavy atom. The third-order valence-corrected chi connectivity index (χ3v) is 3.91. The molecule has 2 amide bonds. The van der Waals surface area contributed by atoms with Crippen molar-refractivity contribution in [2.75, 3.05) is 11.9 Å². The Labute approximate surface area is 128 Å². The van der Waals surface area contributed by atoms with Crippen LogP contribution in [0, 0.1) is 0 Å². The molecular weight excluding hydrogens is 292 g/mol. The summed E-state index contributed by atoms with van der Waals surface area (Å²) in [6, 6.07) is 4.86. The van der Waals surface area contributed by atoms with E-state index >= 15 is 0 Å². The molecular formula is C15H19ClN2O3. The summed E-state index contributed by atoms with van der Waals surface area (Å²) in [5, 5.41) is 14.5. The smallest absolute Gasteiger partial charge is 0.253 e. The number of hydrogen-bond acceptors (Lipinski definition) is 3. The van der Waals surface area contributed by atoms with Crippen LogP contribution in [0.25, 0.3) is 0 Å². The first-order valence-corrected chi connectivity index (χ1v) is 7.49. The Bertz CT molecular complexity index is 528. The van der Waals surface area contributed by atoms with Crippen LogP contribution in [0.3, 0.4) is 0 Å². The second kappa shape index (κ2) is 7.43. The van der Waals surface area contributed by atoms with E-state index in [1.165, 1.54) is 12.5 Å². The van der Waals surface area contributed by atoms with Gasteiger partial charge in [0.15, 0.2) is 0 Å². The molecule has 0 atom stereocenters. The first kappa shape index (κ1) is 15.8. The molecule has 1 aliphatic rings. The first-order valence-electron chi connectivity index (χ1n) is 7.11. The van der Waals surface area contributed by atoms with Gasteiger partial charge in [0.2, 0.25) is 5.91 Å². The van der Waals surface area contributed by atoms with E-state index < -0.39 is 12.5 Å². The molecule has 0 aromatic heterocycles. The predicted molar refractivity (Wildman–Crippen MR) is 81.5 cm³/mol. The highest BCUT2D eigenvalue weighted by Gasteiger charge is 2.18. The minimum Gasteiger partial charge on any atom is -0.387 e. The lowest BCUT2D eigenvalue weighted by Gasteiger charge is -2.23. The highest BCUT2D eigenvalue weighted by molar-refractivity contribution is 6.34. The molecule has 3 N–H and O–H groups in total. The number of carbonyl (C=O) groups excluding carboxylic acids is 2. The van der Waals surface area contributed by atoms with Crippen molar-refractivity contribution in [1.29, 1.82) is 0 Å². The molecule has 0 aliphatic heterocycles. The summed E-state index contributed by atoms with van der Waals surface area (Å²) in [4.78, 5) is 23.5. The summed E-state index contributed by atoms with van der Waals surface area (Å²) in [6.07, 6.45) is 5.46. The van der Waals surface area contributed by atoms with Gasteiger partial charge in [-0.1, -0.05) is 30.9 Å². The number of benzene rings is 1. The van der Waals surface area contributed by atoms with Gasteiger partial charge < -0.3 is 15.7 Å². The summed E-state index contributed by atoms with van der Waals surface area (Å²) in [5.74, 6) is -0.761. The van der Waals surface area contributed by atoms with Crippen LogP contribution in [0.1, 0.15) is 42.5 Å². The highest BCUT2D eigenvalue weighted by atomic mass is 35.5. The molecule has 0 unspecified atom stereocenters. The molecule has 1 aromatic rings. The normalized spacial score (nSPS) is 15.5. The van der Waals surface area contributed by atoms with Gasteiger partial charge in [0.25, 0.3) is 5.91 Å². The molecule has 1 fully saturated rings. The van der Waals surface area contributed by atoms with Crippen molar-refractivity contribution in [3.05, 3.63) is 28.8 Å². The van der Waals surface area contributed by atoms with Gasteiger partial charge in [-0.25, -0.2) is 0 Å². The zero-order valence-electron chi connectivity index (χ0n) is 11.7. The standard InChI is InChI=1S/C15H19ClN2O3/c16-13-7-6-11(17-14(20)9-19)8-12(13)15(21)18-10-4-2-1-3-5-10/h6-8,10,19H,1-5,9H2,(H,17,20)(H,18,21). The van der Waals surface area contributed by atoms with Crippen LogP contribution in [-0.2, 0) is 4.79 Å². The van der Waals surface area contributed by atoms with Gasteiger partial charge >= 0.3 is 0 Å². The van der Waals surface area contributed by atoms with E-state index in [1.54, 1.807) is 12.1 Å². The summed E-state index contributed by atoms with van der Waals surface area (Å²) in [7, 11) is 0. The fourth-order valence-electron chi connectivity index (χ4n) is 2.49. The first-order chi connectivity index (χ1) is 10.1. The molecule has 0 saturated heterocycles. The molecule has 0 radical (unpaired) electrons. The third kappa shape index (κ3) is 4.44. The maximum Gasteiger partial charge on any atom is 0.253 e. The molecule has 5 nitrogen and oxygen atoms in total. The summed E-state index contributed by atoms with van der Waals surface area (Å²) in [5.41, 5.74) is 0.769. The van der Waals surface area contributed by atoms with Gasteiger partial charge in [0.05, 0.1) is 10.6 Å². The number of aliphatic hydroxyl groups excluding tert-OH is 1. The molecule has 114 valence electrons. The van der Waals surface area contributed by atoms with Crippen molar-refractivity contribution in [1.82, 2.24) is 5.32 Å². The van der Waals surface area contributed by atoms with E-state index in [1.807, 2.05) is 0 Å². The topological polar surface area (TPSA) is 78.4 Å². The molecule has 2 rings (SSSR count). The van der Waals surface area contributed by atoms with Crippen LogP contribution in [0.5, 0.6) is 0 Å². The Kier molecular flexibility index (Phi) is 5.59. The molecule has 0 heterocycles. The van der Waals surface area contributed by atoms with Gasteiger partial charge in [-0.2, -0.15) is 0 Å². The summed E-state index contributed by atoms with van der Waals surface area (Å²) < 4.78 is 0. The Balaban J connectivity index is 2.07. The maximum absolute atomic E-state index is 12.3. The van der Waals surface area contributed by atoms with Crippen LogP contribution < -0.4 is 10.6 Å². The van der Waals surface area contributed by atoms with Crippen molar-refractivity contribution < 1.29 is 14.7 Å². The zero-order valence-corrected chi connectivity index (χ0v) is 12.4.